The molecule has 1 aromatic carbocycles. The predicted octanol–water partition coefficient (Wildman–Crippen LogP) is 2.77. The zero-order valence-electron chi connectivity index (χ0n) is 10.4. The summed E-state index contributed by atoms with van der Waals surface area (Å²) in [4.78, 5) is 16.1. The summed E-state index contributed by atoms with van der Waals surface area (Å²) >= 11 is 1.39. The lowest BCUT2D eigenvalue weighted by atomic mass is 10.1. The molecule has 0 atom stereocenters. The molecule has 19 heavy (non-hydrogen) atoms. The summed E-state index contributed by atoms with van der Waals surface area (Å²) in [5.41, 5.74) is 2.73. The minimum Gasteiger partial charge on any atom is -0.476 e. The van der Waals surface area contributed by atoms with Crippen LogP contribution in [0.1, 0.15) is 21.7 Å². The Morgan fingerprint density at radius 1 is 1.32 bits per heavy atom. The van der Waals surface area contributed by atoms with Gasteiger partial charge in [0.25, 0.3) is 0 Å². The fourth-order valence-corrected chi connectivity index (χ4v) is 3.05. The van der Waals surface area contributed by atoms with Crippen LogP contribution in [0.3, 0.4) is 0 Å². The number of nitrogens with zero attached hydrogens (tertiary/aromatic N) is 3. The third kappa shape index (κ3) is 1.80. The van der Waals surface area contributed by atoms with Crippen molar-refractivity contribution in [2.24, 2.45) is 0 Å². The molecule has 0 unspecified atom stereocenters. The van der Waals surface area contributed by atoms with Gasteiger partial charge >= 0.3 is 5.97 Å². The lowest BCUT2D eigenvalue weighted by molar-refractivity contribution is 0.0687. The number of aromatic nitrogens is 3. The molecule has 0 spiro atoms. The molecule has 3 aromatic rings. The van der Waals surface area contributed by atoms with Gasteiger partial charge in [0.2, 0.25) is 4.96 Å². The van der Waals surface area contributed by atoms with E-state index >= 15 is 0 Å². The summed E-state index contributed by atoms with van der Waals surface area (Å²) in [6, 6.07) is 7.88. The van der Waals surface area contributed by atoms with Crippen molar-refractivity contribution in [3.63, 3.8) is 0 Å². The van der Waals surface area contributed by atoms with Gasteiger partial charge < -0.3 is 5.11 Å². The SMILES string of the molecule is Cc1ccccc1-c1nn2c(C(=O)O)c(C)nc2s1. The molecule has 2 aromatic heterocycles. The Balaban J connectivity index is 2.24. The third-order valence-electron chi connectivity index (χ3n) is 2.96. The van der Waals surface area contributed by atoms with Crippen molar-refractivity contribution in [2.75, 3.05) is 0 Å². The molecular formula is C13H11N3O2S. The van der Waals surface area contributed by atoms with Crippen LogP contribution in [-0.4, -0.2) is 25.7 Å². The lowest BCUT2D eigenvalue weighted by Gasteiger charge is -1.99. The van der Waals surface area contributed by atoms with Crippen LogP contribution in [0.2, 0.25) is 0 Å². The molecule has 0 saturated carbocycles. The van der Waals surface area contributed by atoms with Crippen LogP contribution in [0, 0.1) is 13.8 Å². The molecule has 0 aliphatic carbocycles. The van der Waals surface area contributed by atoms with Gasteiger partial charge in [-0.05, 0) is 19.4 Å². The first kappa shape index (κ1) is 11.9. The average molecular weight is 273 g/mol. The zero-order chi connectivity index (χ0) is 13.6. The first-order valence-electron chi connectivity index (χ1n) is 5.73. The van der Waals surface area contributed by atoms with Gasteiger partial charge in [-0.2, -0.15) is 9.61 Å². The van der Waals surface area contributed by atoms with Crippen LogP contribution >= 0.6 is 11.3 Å². The van der Waals surface area contributed by atoms with Crippen LogP contribution in [0.5, 0.6) is 0 Å². The van der Waals surface area contributed by atoms with Crippen molar-refractivity contribution < 1.29 is 9.90 Å². The largest absolute Gasteiger partial charge is 0.476 e. The van der Waals surface area contributed by atoms with Gasteiger partial charge in [0, 0.05) is 5.56 Å². The number of carbonyl (C=O) groups is 1. The number of aromatic carboxylic acids is 1. The molecule has 96 valence electrons. The van der Waals surface area contributed by atoms with Gasteiger partial charge in [0.15, 0.2) is 5.69 Å². The molecule has 0 saturated heterocycles. The maximum atomic E-state index is 11.2. The monoisotopic (exact) mass is 273 g/mol. The normalized spacial score (nSPS) is 11.1. The third-order valence-corrected chi connectivity index (χ3v) is 3.90. The van der Waals surface area contributed by atoms with Crippen LogP contribution in [0.4, 0.5) is 0 Å². The fourth-order valence-electron chi connectivity index (χ4n) is 2.02. The molecule has 0 aliphatic heterocycles. The van der Waals surface area contributed by atoms with E-state index < -0.39 is 5.97 Å². The zero-order valence-corrected chi connectivity index (χ0v) is 11.2. The van der Waals surface area contributed by atoms with Crippen LogP contribution in [-0.2, 0) is 0 Å². The number of carboxylic acid groups (broad SMARTS) is 1. The number of aryl methyl sites for hydroxylation is 2. The predicted molar refractivity (Wildman–Crippen MR) is 72.7 cm³/mol. The first-order valence-corrected chi connectivity index (χ1v) is 6.55. The standard InChI is InChI=1S/C13H11N3O2S/c1-7-5-3-4-6-9(7)11-15-16-10(12(17)18)8(2)14-13(16)19-11/h3-6H,1-2H3,(H,17,18). The topological polar surface area (TPSA) is 67.5 Å². The molecule has 6 heteroatoms. The second-order valence-electron chi connectivity index (χ2n) is 4.27. The van der Waals surface area contributed by atoms with E-state index in [-0.39, 0.29) is 5.69 Å². The van der Waals surface area contributed by atoms with Gasteiger partial charge in [-0.1, -0.05) is 35.6 Å². The second-order valence-corrected chi connectivity index (χ2v) is 5.22. The Morgan fingerprint density at radius 3 is 2.74 bits per heavy atom. The van der Waals surface area contributed by atoms with E-state index in [4.69, 9.17) is 0 Å². The molecular weight excluding hydrogens is 262 g/mol. The Kier molecular flexibility index (Phi) is 2.60. The van der Waals surface area contributed by atoms with Crippen molar-refractivity contribution in [3.05, 3.63) is 41.2 Å². The quantitative estimate of drug-likeness (QED) is 0.779. The highest BCUT2D eigenvalue weighted by atomic mass is 32.1. The van der Waals surface area contributed by atoms with E-state index in [1.807, 2.05) is 31.2 Å². The average Bonchev–Trinajstić information content (AvgIpc) is 2.85. The van der Waals surface area contributed by atoms with Gasteiger partial charge in [0.1, 0.15) is 5.01 Å². The molecule has 0 amide bonds. The van der Waals surface area contributed by atoms with Gasteiger partial charge in [-0.25, -0.2) is 9.78 Å². The van der Waals surface area contributed by atoms with Crippen LogP contribution < -0.4 is 0 Å². The highest BCUT2D eigenvalue weighted by molar-refractivity contribution is 7.19. The Morgan fingerprint density at radius 2 is 2.05 bits per heavy atom. The van der Waals surface area contributed by atoms with Gasteiger partial charge in [-0.15, -0.1) is 0 Å². The van der Waals surface area contributed by atoms with Crippen molar-refractivity contribution in [3.8, 4) is 10.6 Å². The molecule has 3 rings (SSSR count). The Labute approximate surface area is 113 Å². The summed E-state index contributed by atoms with van der Waals surface area (Å²) in [7, 11) is 0. The van der Waals surface area contributed by atoms with Crippen molar-refractivity contribution in [1.29, 1.82) is 0 Å². The molecule has 0 bridgehead atoms. The summed E-state index contributed by atoms with van der Waals surface area (Å²) < 4.78 is 1.41. The lowest BCUT2D eigenvalue weighted by Crippen LogP contribution is -2.04. The number of hydrogen-bond donors (Lipinski definition) is 1. The Bertz CT molecular complexity index is 788. The molecule has 2 heterocycles. The highest BCUT2D eigenvalue weighted by Gasteiger charge is 2.20. The van der Waals surface area contributed by atoms with E-state index in [1.54, 1.807) is 6.92 Å². The number of hydrogen-bond acceptors (Lipinski definition) is 4. The van der Waals surface area contributed by atoms with E-state index in [1.165, 1.54) is 15.9 Å². The van der Waals surface area contributed by atoms with Gasteiger partial charge in [0.05, 0.1) is 5.69 Å². The van der Waals surface area contributed by atoms with Crippen LogP contribution in [0.25, 0.3) is 15.5 Å². The molecule has 0 radical (unpaired) electrons. The van der Waals surface area contributed by atoms with E-state index in [9.17, 15) is 9.90 Å². The van der Waals surface area contributed by atoms with Crippen molar-refractivity contribution in [2.45, 2.75) is 13.8 Å². The second kappa shape index (κ2) is 4.17. The van der Waals surface area contributed by atoms with E-state index in [0.29, 0.717) is 10.7 Å². The fraction of sp³-hybridized carbons (Fsp3) is 0.154. The maximum absolute atomic E-state index is 11.2. The number of benzene rings is 1. The maximum Gasteiger partial charge on any atom is 0.356 e. The first-order chi connectivity index (χ1) is 9.08. The smallest absolute Gasteiger partial charge is 0.356 e. The number of fused-ring (bicyclic) bond motifs is 1. The molecule has 1 N–H and O–H groups in total. The summed E-state index contributed by atoms with van der Waals surface area (Å²) in [5, 5.41) is 14.3. The van der Waals surface area contributed by atoms with Crippen LogP contribution in [0.15, 0.2) is 24.3 Å². The van der Waals surface area contributed by atoms with E-state index in [2.05, 4.69) is 10.1 Å². The summed E-state index contributed by atoms with van der Waals surface area (Å²) in [5.74, 6) is -1.01. The number of carboxylic acids is 1. The summed E-state index contributed by atoms with van der Waals surface area (Å²) in [6.45, 7) is 3.68. The van der Waals surface area contributed by atoms with Crippen molar-refractivity contribution in [1.82, 2.24) is 14.6 Å². The minimum atomic E-state index is -1.01. The van der Waals surface area contributed by atoms with E-state index in [0.717, 1.165) is 16.1 Å². The highest BCUT2D eigenvalue weighted by Crippen LogP contribution is 2.29. The molecule has 5 nitrogen and oxygen atoms in total. The van der Waals surface area contributed by atoms with Gasteiger partial charge in [-0.3, -0.25) is 0 Å². The molecule has 0 fully saturated rings. The summed E-state index contributed by atoms with van der Waals surface area (Å²) in [6.07, 6.45) is 0. The molecule has 0 aliphatic rings. The Hall–Kier alpha value is -2.21. The number of imidazole rings is 1. The van der Waals surface area contributed by atoms with Crippen molar-refractivity contribution >= 4 is 22.3 Å². The minimum absolute atomic E-state index is 0.131. The number of rotatable bonds is 2.